The van der Waals surface area contributed by atoms with Gasteiger partial charge in [-0.15, -0.1) is 11.3 Å². The predicted molar refractivity (Wildman–Crippen MR) is 90.5 cm³/mol. The van der Waals surface area contributed by atoms with Crippen LogP contribution in [0.5, 0.6) is 0 Å². The predicted octanol–water partition coefficient (Wildman–Crippen LogP) is 3.00. The number of hydroxylamine groups is 2. The van der Waals surface area contributed by atoms with Crippen molar-refractivity contribution in [3.05, 3.63) is 59.4 Å². The fraction of sp³-hybridized carbons (Fsp3) is 0.188. The van der Waals surface area contributed by atoms with Gasteiger partial charge in [-0.25, -0.2) is 13.5 Å². The highest BCUT2D eigenvalue weighted by atomic mass is 32.2. The number of furan rings is 1. The summed E-state index contributed by atoms with van der Waals surface area (Å²) in [6.45, 7) is 0. The van der Waals surface area contributed by atoms with Crippen LogP contribution in [-0.2, 0) is 20.4 Å². The summed E-state index contributed by atoms with van der Waals surface area (Å²) in [5, 5.41) is 13.0. The number of carbonyl (C=O) groups is 1. The minimum Gasteiger partial charge on any atom is -0.472 e. The fourth-order valence-corrected chi connectivity index (χ4v) is 4.93. The van der Waals surface area contributed by atoms with Gasteiger partial charge in [-0.3, -0.25) is 10.0 Å². The van der Waals surface area contributed by atoms with Crippen molar-refractivity contribution in [1.29, 1.82) is 0 Å². The van der Waals surface area contributed by atoms with E-state index < -0.39 is 21.6 Å². The van der Waals surface area contributed by atoms with Gasteiger partial charge in [0.1, 0.15) is 6.04 Å². The third kappa shape index (κ3) is 3.66. The molecule has 126 valence electrons. The standard InChI is InChI=1S/C16H15NO5S2/c18-11-17(19)15(14-3-5-22-8-14)10-24(20,21)9-12-1-2-16-13(7-12)4-6-23-16/h1-8,11,15,19H,9-10H2. The largest absolute Gasteiger partial charge is 0.472 e. The summed E-state index contributed by atoms with van der Waals surface area (Å²) in [7, 11) is -3.57. The molecule has 0 aliphatic carbocycles. The van der Waals surface area contributed by atoms with E-state index in [9.17, 15) is 18.4 Å². The lowest BCUT2D eigenvalue weighted by Crippen LogP contribution is -2.30. The van der Waals surface area contributed by atoms with Crippen molar-refractivity contribution in [1.82, 2.24) is 5.06 Å². The van der Waals surface area contributed by atoms with Crippen molar-refractivity contribution >= 4 is 37.7 Å². The highest BCUT2D eigenvalue weighted by Gasteiger charge is 2.26. The van der Waals surface area contributed by atoms with E-state index in [1.165, 1.54) is 18.6 Å². The molecule has 0 aliphatic rings. The first-order valence-electron chi connectivity index (χ1n) is 7.10. The van der Waals surface area contributed by atoms with Crippen LogP contribution in [0.1, 0.15) is 17.2 Å². The van der Waals surface area contributed by atoms with Crippen molar-refractivity contribution in [2.24, 2.45) is 0 Å². The SMILES string of the molecule is O=CN(O)C(CS(=O)(=O)Cc1ccc2sccc2c1)c1ccoc1. The third-order valence-corrected chi connectivity index (χ3v) is 6.17. The smallest absolute Gasteiger partial charge is 0.233 e. The van der Waals surface area contributed by atoms with E-state index in [4.69, 9.17) is 4.42 Å². The lowest BCUT2D eigenvalue weighted by atomic mass is 10.2. The number of fused-ring (bicyclic) bond motifs is 1. The molecule has 1 amide bonds. The van der Waals surface area contributed by atoms with Gasteiger partial charge in [0.15, 0.2) is 9.84 Å². The number of rotatable bonds is 7. The van der Waals surface area contributed by atoms with Crippen LogP contribution < -0.4 is 0 Å². The normalized spacial score (nSPS) is 13.0. The molecule has 1 aromatic carbocycles. The number of nitrogens with zero attached hydrogens (tertiary/aromatic N) is 1. The Labute approximate surface area is 142 Å². The average molecular weight is 365 g/mol. The lowest BCUT2D eigenvalue weighted by molar-refractivity contribution is -0.158. The Bertz CT molecular complexity index is 930. The van der Waals surface area contributed by atoms with Crippen molar-refractivity contribution in [2.45, 2.75) is 11.8 Å². The number of thiophene rings is 1. The van der Waals surface area contributed by atoms with Gasteiger partial charge in [0, 0.05) is 10.3 Å². The van der Waals surface area contributed by atoms with Crippen molar-refractivity contribution in [3.63, 3.8) is 0 Å². The van der Waals surface area contributed by atoms with E-state index in [1.807, 2.05) is 23.6 Å². The Morgan fingerprint density at radius 1 is 1.29 bits per heavy atom. The van der Waals surface area contributed by atoms with Crippen molar-refractivity contribution < 1.29 is 22.8 Å². The molecule has 1 N–H and O–H groups in total. The molecule has 0 bridgehead atoms. The Kier molecular flexibility index (Phi) is 4.70. The molecule has 2 aromatic heterocycles. The molecule has 0 spiro atoms. The summed E-state index contributed by atoms with van der Waals surface area (Å²) in [4.78, 5) is 10.9. The van der Waals surface area contributed by atoms with Crippen LogP contribution >= 0.6 is 11.3 Å². The zero-order valence-electron chi connectivity index (χ0n) is 12.5. The lowest BCUT2D eigenvalue weighted by Gasteiger charge is -2.21. The highest BCUT2D eigenvalue weighted by molar-refractivity contribution is 7.90. The number of amides is 1. The van der Waals surface area contributed by atoms with Crippen LogP contribution in [0.4, 0.5) is 0 Å². The van der Waals surface area contributed by atoms with Gasteiger partial charge in [-0.1, -0.05) is 6.07 Å². The van der Waals surface area contributed by atoms with Gasteiger partial charge in [-0.2, -0.15) is 0 Å². The number of hydrogen-bond acceptors (Lipinski definition) is 6. The van der Waals surface area contributed by atoms with Gasteiger partial charge < -0.3 is 4.42 Å². The number of carbonyl (C=O) groups excluding carboxylic acids is 1. The molecule has 2 heterocycles. The second-order valence-electron chi connectivity index (χ2n) is 5.41. The monoisotopic (exact) mass is 365 g/mol. The molecule has 3 rings (SSSR count). The molecule has 3 aromatic rings. The third-order valence-electron chi connectivity index (χ3n) is 3.67. The Balaban J connectivity index is 1.82. The first-order chi connectivity index (χ1) is 11.5. The maximum Gasteiger partial charge on any atom is 0.233 e. The van der Waals surface area contributed by atoms with Gasteiger partial charge in [-0.05, 0) is 40.6 Å². The second-order valence-corrected chi connectivity index (χ2v) is 8.46. The van der Waals surface area contributed by atoms with Gasteiger partial charge in [0.2, 0.25) is 6.41 Å². The van der Waals surface area contributed by atoms with Gasteiger partial charge in [0.25, 0.3) is 0 Å². The van der Waals surface area contributed by atoms with Gasteiger partial charge in [0.05, 0.1) is 24.0 Å². The van der Waals surface area contributed by atoms with E-state index in [0.29, 0.717) is 16.2 Å². The summed E-state index contributed by atoms with van der Waals surface area (Å²) in [5.41, 5.74) is 1.09. The van der Waals surface area contributed by atoms with Crippen molar-refractivity contribution in [3.8, 4) is 0 Å². The topological polar surface area (TPSA) is 87.8 Å². The second kappa shape index (κ2) is 6.76. The minimum atomic E-state index is -3.57. The number of hydrogen-bond donors (Lipinski definition) is 1. The summed E-state index contributed by atoms with van der Waals surface area (Å²) in [6, 6.07) is 7.96. The Hall–Kier alpha value is -2.16. The first kappa shape index (κ1) is 16.7. The zero-order chi connectivity index (χ0) is 17.2. The molecule has 1 unspecified atom stereocenters. The molecule has 6 nitrogen and oxygen atoms in total. The van der Waals surface area contributed by atoms with Gasteiger partial charge >= 0.3 is 0 Å². The molecule has 0 aliphatic heterocycles. The van der Waals surface area contributed by atoms with E-state index in [2.05, 4.69) is 0 Å². The number of benzene rings is 1. The average Bonchev–Trinajstić information content (AvgIpc) is 3.22. The van der Waals surface area contributed by atoms with E-state index >= 15 is 0 Å². The van der Waals surface area contributed by atoms with Crippen molar-refractivity contribution in [2.75, 3.05) is 5.75 Å². The van der Waals surface area contributed by atoms with E-state index in [0.717, 1.165) is 10.1 Å². The van der Waals surface area contributed by atoms with Crippen LogP contribution in [0.25, 0.3) is 10.1 Å². The van der Waals surface area contributed by atoms with Crippen LogP contribution in [0.3, 0.4) is 0 Å². The summed E-state index contributed by atoms with van der Waals surface area (Å²) < 4.78 is 31.0. The molecular formula is C16H15NO5S2. The molecule has 24 heavy (non-hydrogen) atoms. The summed E-state index contributed by atoms with van der Waals surface area (Å²) in [6.07, 6.45) is 2.85. The number of sulfone groups is 1. The summed E-state index contributed by atoms with van der Waals surface area (Å²) >= 11 is 1.59. The molecule has 0 radical (unpaired) electrons. The molecule has 1 atom stereocenters. The first-order valence-corrected chi connectivity index (χ1v) is 9.80. The molecule has 0 saturated heterocycles. The molecular weight excluding hydrogens is 350 g/mol. The quantitative estimate of drug-likeness (QED) is 0.395. The Morgan fingerprint density at radius 2 is 2.12 bits per heavy atom. The van der Waals surface area contributed by atoms with E-state index in [-0.39, 0.29) is 12.2 Å². The molecule has 0 fully saturated rings. The fourth-order valence-electron chi connectivity index (χ4n) is 2.52. The minimum absolute atomic E-state index is 0.167. The van der Waals surface area contributed by atoms with Crippen LogP contribution in [0.2, 0.25) is 0 Å². The molecule has 8 heteroatoms. The highest BCUT2D eigenvalue weighted by Crippen LogP contribution is 2.25. The van der Waals surface area contributed by atoms with Crippen LogP contribution in [-0.4, -0.2) is 30.9 Å². The van der Waals surface area contributed by atoms with Crippen LogP contribution in [0, 0.1) is 0 Å². The maximum atomic E-state index is 12.5. The molecule has 0 saturated carbocycles. The zero-order valence-corrected chi connectivity index (χ0v) is 14.2. The van der Waals surface area contributed by atoms with Crippen LogP contribution in [0.15, 0.2) is 52.7 Å². The maximum absolute atomic E-state index is 12.5. The summed E-state index contributed by atoms with van der Waals surface area (Å²) in [5.74, 6) is -0.566. The Morgan fingerprint density at radius 3 is 2.83 bits per heavy atom. The van der Waals surface area contributed by atoms with E-state index in [1.54, 1.807) is 17.4 Å².